The van der Waals surface area contributed by atoms with Gasteiger partial charge in [0.2, 0.25) is 18.3 Å². The van der Waals surface area contributed by atoms with E-state index in [4.69, 9.17) is 28.9 Å². The first-order chi connectivity index (χ1) is 10.6. The zero-order valence-electron chi connectivity index (χ0n) is 12.1. The van der Waals surface area contributed by atoms with Gasteiger partial charge >= 0.3 is 5.97 Å². The van der Waals surface area contributed by atoms with Crippen LogP contribution in [0.4, 0.5) is 0 Å². The van der Waals surface area contributed by atoms with Crippen molar-refractivity contribution >= 4 is 11.7 Å². The van der Waals surface area contributed by atoms with Crippen molar-refractivity contribution in [2.24, 2.45) is 5.16 Å². The Labute approximate surface area is 126 Å². The quantitative estimate of drug-likeness (QED) is 0.873. The average molecular weight is 309 g/mol. The third-order valence-corrected chi connectivity index (χ3v) is 3.49. The van der Waals surface area contributed by atoms with Crippen molar-refractivity contribution in [1.82, 2.24) is 0 Å². The number of fused-ring (bicyclic) bond motifs is 1. The second-order valence-electron chi connectivity index (χ2n) is 4.81. The summed E-state index contributed by atoms with van der Waals surface area (Å²) in [7, 11) is 3.06. The van der Waals surface area contributed by atoms with Crippen molar-refractivity contribution < 1.29 is 33.7 Å². The molecule has 2 heterocycles. The first kappa shape index (κ1) is 14.3. The van der Waals surface area contributed by atoms with Crippen LogP contribution in [0.3, 0.4) is 0 Å². The van der Waals surface area contributed by atoms with Crippen LogP contribution in [0.25, 0.3) is 0 Å². The summed E-state index contributed by atoms with van der Waals surface area (Å²) in [5, 5.41) is 12.5. The lowest BCUT2D eigenvalue weighted by molar-refractivity contribution is -0.129. The summed E-state index contributed by atoms with van der Waals surface area (Å²) in [6, 6.07) is 1.77. The summed E-state index contributed by atoms with van der Waals surface area (Å²) in [6.07, 6.45) is 0.274. The Hall–Kier alpha value is -2.64. The molecule has 3 rings (SSSR count). The van der Waals surface area contributed by atoms with E-state index in [0.29, 0.717) is 29.4 Å². The number of aliphatic carboxylic acids is 1. The van der Waals surface area contributed by atoms with E-state index in [2.05, 4.69) is 5.16 Å². The Morgan fingerprint density at radius 2 is 2.14 bits per heavy atom. The molecule has 0 bridgehead atoms. The fourth-order valence-electron chi connectivity index (χ4n) is 2.50. The molecule has 1 N–H and O–H groups in total. The number of nitrogens with zero attached hydrogens (tertiary/aromatic N) is 1. The molecule has 0 amide bonds. The molecular formula is C14H15NO7. The van der Waals surface area contributed by atoms with Crippen LogP contribution in [-0.4, -0.2) is 43.9 Å². The van der Waals surface area contributed by atoms with E-state index < -0.39 is 5.97 Å². The molecular weight excluding hydrogens is 294 g/mol. The van der Waals surface area contributed by atoms with Crippen LogP contribution in [0, 0.1) is 0 Å². The molecule has 22 heavy (non-hydrogen) atoms. The van der Waals surface area contributed by atoms with Gasteiger partial charge in [-0.3, -0.25) is 0 Å². The standard InChI is InChI=1S/C14H15NO7/c1-18-10-4-7(3-8-5-9(14(16)17)15-22-8)11(19-2)13-12(10)20-6-21-13/h4,8H,3,5-6H2,1-2H3,(H,16,17). The predicted molar refractivity (Wildman–Crippen MR) is 73.9 cm³/mol. The van der Waals surface area contributed by atoms with Gasteiger partial charge in [-0.05, 0) is 6.07 Å². The number of methoxy groups -OCH3 is 2. The average Bonchev–Trinajstić information content (AvgIpc) is 3.15. The van der Waals surface area contributed by atoms with Crippen LogP contribution in [0.15, 0.2) is 11.2 Å². The van der Waals surface area contributed by atoms with Gasteiger partial charge in [-0.2, -0.15) is 0 Å². The van der Waals surface area contributed by atoms with Gasteiger partial charge < -0.3 is 28.9 Å². The lowest BCUT2D eigenvalue weighted by atomic mass is 10.0. The lowest BCUT2D eigenvalue weighted by Gasteiger charge is -2.15. The van der Waals surface area contributed by atoms with Crippen LogP contribution in [0.5, 0.6) is 23.0 Å². The van der Waals surface area contributed by atoms with Gasteiger partial charge in [-0.25, -0.2) is 4.79 Å². The van der Waals surface area contributed by atoms with Crippen LogP contribution >= 0.6 is 0 Å². The SMILES string of the molecule is COc1cc(CC2CC(C(=O)O)=NO2)c(OC)c2c1OCO2. The van der Waals surface area contributed by atoms with Crippen molar-refractivity contribution in [2.75, 3.05) is 21.0 Å². The molecule has 118 valence electrons. The molecule has 2 aliphatic heterocycles. The van der Waals surface area contributed by atoms with E-state index in [1.54, 1.807) is 6.07 Å². The molecule has 0 aromatic heterocycles. The Morgan fingerprint density at radius 1 is 1.36 bits per heavy atom. The second kappa shape index (κ2) is 5.63. The Kier molecular flexibility index (Phi) is 3.66. The van der Waals surface area contributed by atoms with Crippen LogP contribution < -0.4 is 18.9 Å². The van der Waals surface area contributed by atoms with Crippen molar-refractivity contribution in [3.63, 3.8) is 0 Å². The molecule has 2 aliphatic rings. The monoisotopic (exact) mass is 309 g/mol. The molecule has 8 nitrogen and oxygen atoms in total. The van der Waals surface area contributed by atoms with Crippen LogP contribution in [0.2, 0.25) is 0 Å². The van der Waals surface area contributed by atoms with Gasteiger partial charge in [0.25, 0.3) is 0 Å². The minimum Gasteiger partial charge on any atom is -0.493 e. The molecule has 0 radical (unpaired) electrons. The summed E-state index contributed by atoms with van der Waals surface area (Å²) < 4.78 is 21.5. The van der Waals surface area contributed by atoms with Crippen LogP contribution in [0.1, 0.15) is 12.0 Å². The minimum atomic E-state index is -1.07. The maximum atomic E-state index is 10.9. The largest absolute Gasteiger partial charge is 0.493 e. The number of hydrogen-bond acceptors (Lipinski definition) is 7. The van der Waals surface area contributed by atoms with Crippen LogP contribution in [-0.2, 0) is 16.1 Å². The van der Waals surface area contributed by atoms with Gasteiger partial charge in [0.1, 0.15) is 6.10 Å². The summed E-state index contributed by atoms with van der Waals surface area (Å²) in [6.45, 7) is 0.0949. The molecule has 1 unspecified atom stereocenters. The van der Waals surface area contributed by atoms with Crippen molar-refractivity contribution in [1.29, 1.82) is 0 Å². The van der Waals surface area contributed by atoms with Gasteiger partial charge in [-0.15, -0.1) is 0 Å². The number of carboxylic acids is 1. The lowest BCUT2D eigenvalue weighted by Crippen LogP contribution is -2.16. The molecule has 0 spiro atoms. The van der Waals surface area contributed by atoms with E-state index in [1.807, 2.05) is 0 Å². The zero-order chi connectivity index (χ0) is 15.7. The fourth-order valence-corrected chi connectivity index (χ4v) is 2.50. The number of oxime groups is 1. The number of benzene rings is 1. The van der Waals surface area contributed by atoms with Gasteiger partial charge in [-0.1, -0.05) is 5.16 Å². The maximum Gasteiger partial charge on any atom is 0.353 e. The Balaban J connectivity index is 1.87. The third kappa shape index (κ3) is 2.36. The number of hydrogen-bond donors (Lipinski definition) is 1. The molecule has 0 aliphatic carbocycles. The van der Waals surface area contributed by atoms with Crippen molar-refractivity contribution in [2.45, 2.75) is 18.9 Å². The second-order valence-corrected chi connectivity index (χ2v) is 4.81. The minimum absolute atomic E-state index is 0.0108. The van der Waals surface area contributed by atoms with E-state index >= 15 is 0 Å². The number of ether oxygens (including phenoxy) is 4. The normalized spacial score (nSPS) is 18.6. The van der Waals surface area contributed by atoms with E-state index in [0.717, 1.165) is 5.56 Å². The highest BCUT2D eigenvalue weighted by Gasteiger charge is 2.31. The summed E-state index contributed by atoms with van der Waals surface area (Å²) >= 11 is 0. The molecule has 0 fully saturated rings. The maximum absolute atomic E-state index is 10.9. The van der Waals surface area contributed by atoms with E-state index in [9.17, 15) is 4.79 Å². The highest BCUT2D eigenvalue weighted by atomic mass is 16.7. The Bertz CT molecular complexity index is 641. The zero-order valence-corrected chi connectivity index (χ0v) is 12.1. The number of carboxylic acid groups (broad SMARTS) is 1. The van der Waals surface area contributed by atoms with Gasteiger partial charge in [0, 0.05) is 18.4 Å². The molecule has 1 aromatic carbocycles. The first-order valence-corrected chi connectivity index (χ1v) is 6.63. The first-order valence-electron chi connectivity index (χ1n) is 6.63. The molecule has 1 aromatic rings. The summed E-state index contributed by atoms with van der Waals surface area (Å²) in [5.74, 6) is 0.964. The highest BCUT2D eigenvalue weighted by Crippen LogP contribution is 2.49. The number of rotatable bonds is 5. The molecule has 1 atom stereocenters. The van der Waals surface area contributed by atoms with Crippen molar-refractivity contribution in [3.8, 4) is 23.0 Å². The third-order valence-electron chi connectivity index (χ3n) is 3.49. The van der Waals surface area contributed by atoms with E-state index in [-0.39, 0.29) is 25.0 Å². The van der Waals surface area contributed by atoms with Gasteiger partial charge in [0.15, 0.2) is 17.2 Å². The number of carbonyl (C=O) groups is 1. The topological polar surface area (TPSA) is 95.8 Å². The summed E-state index contributed by atoms with van der Waals surface area (Å²) in [4.78, 5) is 16.0. The molecule has 8 heteroatoms. The van der Waals surface area contributed by atoms with E-state index in [1.165, 1.54) is 14.2 Å². The molecule has 0 saturated heterocycles. The smallest absolute Gasteiger partial charge is 0.353 e. The molecule has 0 saturated carbocycles. The highest BCUT2D eigenvalue weighted by molar-refractivity contribution is 6.35. The summed E-state index contributed by atoms with van der Waals surface area (Å²) in [5.41, 5.74) is 0.784. The Morgan fingerprint density at radius 3 is 2.77 bits per heavy atom. The van der Waals surface area contributed by atoms with Gasteiger partial charge in [0.05, 0.1) is 14.2 Å². The fraction of sp³-hybridized carbons (Fsp3) is 0.429. The van der Waals surface area contributed by atoms with Crippen molar-refractivity contribution in [3.05, 3.63) is 11.6 Å². The predicted octanol–water partition coefficient (Wildman–Crippen LogP) is 1.20.